The molecule has 0 aliphatic heterocycles. The van der Waals surface area contributed by atoms with E-state index in [2.05, 4.69) is 11.8 Å². The predicted molar refractivity (Wildman–Crippen MR) is 139 cm³/mol. The van der Waals surface area contributed by atoms with Gasteiger partial charge in [0.2, 0.25) is 0 Å². The first-order chi connectivity index (χ1) is 17.6. The molecular formula is C27H26O9S2. The highest BCUT2D eigenvalue weighted by Crippen LogP contribution is 2.38. The molecule has 0 atom stereocenters. The number of aryl methyl sites for hydroxylation is 2. The topological polar surface area (TPSA) is 133 Å². The maximum atomic E-state index is 13.0. The maximum Gasteiger partial charge on any atom is 0.339 e. The minimum atomic E-state index is -4.43. The molecule has 0 amide bonds. The summed E-state index contributed by atoms with van der Waals surface area (Å²) < 4.78 is 67.7. The van der Waals surface area contributed by atoms with Gasteiger partial charge in [0, 0.05) is 19.1 Å². The lowest BCUT2D eigenvalue weighted by atomic mass is 10.1. The summed E-state index contributed by atoms with van der Waals surface area (Å²) in [7, 11) is -8.83. The largest absolute Gasteiger partial charge is 0.423 e. The second-order valence-corrected chi connectivity index (χ2v) is 12.0. The van der Waals surface area contributed by atoms with Gasteiger partial charge in [-0.05, 0) is 52.0 Å². The smallest absolute Gasteiger partial charge is 0.339 e. The third kappa shape index (κ3) is 7.58. The van der Waals surface area contributed by atoms with Gasteiger partial charge < -0.3 is 18.2 Å². The molecule has 0 saturated carbocycles. The molecule has 0 spiro atoms. The molecule has 3 aromatic rings. The fourth-order valence-corrected chi connectivity index (χ4v) is 4.84. The molecule has 3 aromatic carbocycles. The summed E-state index contributed by atoms with van der Waals surface area (Å²) in [6.07, 6.45) is 0. The zero-order valence-corrected chi connectivity index (χ0v) is 22.9. The second kappa shape index (κ2) is 10.9. The Bertz CT molecular complexity index is 1620. The molecule has 0 aliphatic carbocycles. The van der Waals surface area contributed by atoms with Crippen LogP contribution in [0.1, 0.15) is 37.5 Å². The predicted octanol–water partition coefficient (Wildman–Crippen LogP) is 3.89. The van der Waals surface area contributed by atoms with E-state index in [0.29, 0.717) is 0 Å². The van der Waals surface area contributed by atoms with E-state index in [-0.39, 0.29) is 21.1 Å². The van der Waals surface area contributed by atoms with Gasteiger partial charge in [0.05, 0.1) is 5.56 Å². The SMILES string of the molecule is CC(=O)Oc1cc(C#CC(C)(C)O)c(OS(=O)(=O)c2ccc(C)cc2)cc1OS(=O)(=O)c1ccc(C)cc1. The minimum Gasteiger partial charge on any atom is -0.423 e. The van der Waals surface area contributed by atoms with Crippen LogP contribution >= 0.6 is 0 Å². The van der Waals surface area contributed by atoms with Crippen molar-refractivity contribution in [2.45, 2.75) is 50.0 Å². The fourth-order valence-electron chi connectivity index (χ4n) is 2.97. The molecular weight excluding hydrogens is 532 g/mol. The van der Waals surface area contributed by atoms with Gasteiger partial charge in [0.25, 0.3) is 0 Å². The lowest BCUT2D eigenvalue weighted by Gasteiger charge is -2.15. The highest BCUT2D eigenvalue weighted by molar-refractivity contribution is 7.87. The van der Waals surface area contributed by atoms with Crippen LogP contribution in [0.25, 0.3) is 0 Å². The zero-order chi connectivity index (χ0) is 28.3. The van der Waals surface area contributed by atoms with Gasteiger partial charge in [-0.25, -0.2) is 0 Å². The highest BCUT2D eigenvalue weighted by Gasteiger charge is 2.25. The van der Waals surface area contributed by atoms with E-state index in [1.165, 1.54) is 38.1 Å². The molecule has 0 fully saturated rings. The Morgan fingerprint density at radius 2 is 1.21 bits per heavy atom. The number of rotatable bonds is 7. The number of hydrogen-bond acceptors (Lipinski definition) is 9. The Hall–Kier alpha value is -3.85. The maximum absolute atomic E-state index is 13.0. The molecule has 38 heavy (non-hydrogen) atoms. The summed E-state index contributed by atoms with van der Waals surface area (Å²) in [5.41, 5.74) is 0.0531. The number of ether oxygens (including phenoxy) is 1. The molecule has 0 unspecified atom stereocenters. The average molecular weight is 559 g/mol. The van der Waals surface area contributed by atoms with Gasteiger partial charge in [-0.15, -0.1) is 0 Å². The second-order valence-electron chi connectivity index (χ2n) is 8.90. The third-order valence-electron chi connectivity index (χ3n) is 4.82. The van der Waals surface area contributed by atoms with E-state index in [9.17, 15) is 26.7 Å². The number of benzene rings is 3. The Labute approximate surface area is 222 Å². The van der Waals surface area contributed by atoms with Gasteiger partial charge in [-0.3, -0.25) is 4.79 Å². The van der Waals surface area contributed by atoms with Crippen molar-refractivity contribution in [3.63, 3.8) is 0 Å². The third-order valence-corrected chi connectivity index (χ3v) is 7.32. The monoisotopic (exact) mass is 558 g/mol. The quantitative estimate of drug-likeness (QED) is 0.198. The van der Waals surface area contributed by atoms with Gasteiger partial charge in [-0.2, -0.15) is 16.8 Å². The lowest BCUT2D eigenvalue weighted by molar-refractivity contribution is -0.131. The van der Waals surface area contributed by atoms with Crippen molar-refractivity contribution in [2.24, 2.45) is 0 Å². The molecule has 9 nitrogen and oxygen atoms in total. The number of hydrogen-bond donors (Lipinski definition) is 1. The van der Waals surface area contributed by atoms with E-state index in [4.69, 9.17) is 13.1 Å². The molecule has 0 aromatic heterocycles. The molecule has 200 valence electrons. The van der Waals surface area contributed by atoms with Crippen LogP contribution < -0.4 is 13.1 Å². The summed E-state index contributed by atoms with van der Waals surface area (Å²) in [5.74, 6) is 3.04. The van der Waals surface area contributed by atoms with Crippen LogP contribution in [-0.2, 0) is 25.0 Å². The molecule has 1 N–H and O–H groups in total. The van der Waals surface area contributed by atoms with E-state index >= 15 is 0 Å². The van der Waals surface area contributed by atoms with Crippen LogP contribution in [0.4, 0.5) is 0 Å². The van der Waals surface area contributed by atoms with Crippen LogP contribution in [0.3, 0.4) is 0 Å². The molecule has 0 aliphatic rings. The molecule has 0 saturated heterocycles. The van der Waals surface area contributed by atoms with Crippen molar-refractivity contribution in [3.8, 4) is 29.1 Å². The van der Waals surface area contributed by atoms with Crippen LogP contribution in [0.5, 0.6) is 17.2 Å². The normalized spacial score (nSPS) is 11.7. The first kappa shape index (κ1) is 28.7. The lowest BCUT2D eigenvalue weighted by Crippen LogP contribution is -2.15. The summed E-state index contributed by atoms with van der Waals surface area (Å²) in [6.45, 7) is 7.46. The number of esters is 1. The van der Waals surface area contributed by atoms with Crippen molar-refractivity contribution < 1.29 is 39.8 Å². The van der Waals surface area contributed by atoms with Gasteiger partial charge in [0.15, 0.2) is 17.2 Å². The molecule has 0 bridgehead atoms. The fraction of sp³-hybridized carbons (Fsp3) is 0.222. The Kier molecular flexibility index (Phi) is 8.21. The van der Waals surface area contributed by atoms with Crippen molar-refractivity contribution in [1.29, 1.82) is 0 Å². The first-order valence-corrected chi connectivity index (χ1v) is 14.0. The highest BCUT2D eigenvalue weighted by atomic mass is 32.2. The number of carbonyl (C=O) groups excluding carboxylic acids is 1. The van der Waals surface area contributed by atoms with E-state index in [0.717, 1.165) is 30.2 Å². The van der Waals surface area contributed by atoms with Crippen LogP contribution in [0.15, 0.2) is 70.5 Å². The average Bonchev–Trinajstić information content (AvgIpc) is 2.79. The van der Waals surface area contributed by atoms with Crippen LogP contribution in [0, 0.1) is 25.7 Å². The van der Waals surface area contributed by atoms with Crippen molar-refractivity contribution in [2.75, 3.05) is 0 Å². The van der Waals surface area contributed by atoms with Crippen molar-refractivity contribution in [1.82, 2.24) is 0 Å². The van der Waals surface area contributed by atoms with Gasteiger partial charge in [-0.1, -0.05) is 47.2 Å². The van der Waals surface area contributed by atoms with Crippen molar-refractivity contribution >= 4 is 26.2 Å². The zero-order valence-electron chi connectivity index (χ0n) is 21.3. The van der Waals surface area contributed by atoms with E-state index < -0.39 is 43.3 Å². The van der Waals surface area contributed by atoms with Crippen molar-refractivity contribution in [3.05, 3.63) is 77.4 Å². The minimum absolute atomic E-state index is 0.112. The van der Waals surface area contributed by atoms with Gasteiger partial charge >= 0.3 is 26.2 Å². The standard InChI is InChI=1S/C27H26O9S2/c1-18-6-10-22(11-7-18)37(30,31)35-24-17-26(36-38(32,33)23-12-8-19(2)9-13-23)25(34-20(3)28)16-21(24)14-15-27(4,5)29/h6-13,16-17,29H,1-5H3. The summed E-state index contributed by atoms with van der Waals surface area (Å²) >= 11 is 0. The van der Waals surface area contributed by atoms with Gasteiger partial charge in [0.1, 0.15) is 15.4 Å². The Morgan fingerprint density at radius 3 is 1.63 bits per heavy atom. The summed E-state index contributed by atoms with van der Waals surface area (Å²) in [4.78, 5) is 11.4. The summed E-state index contributed by atoms with van der Waals surface area (Å²) in [6, 6.07) is 13.7. The molecule has 0 radical (unpaired) electrons. The first-order valence-electron chi connectivity index (χ1n) is 11.2. The van der Waals surface area contributed by atoms with E-state index in [1.54, 1.807) is 38.1 Å². The number of aliphatic hydroxyl groups is 1. The molecule has 0 heterocycles. The molecule has 11 heteroatoms. The Balaban J connectivity index is 2.19. The summed E-state index contributed by atoms with van der Waals surface area (Å²) in [5, 5.41) is 10.1. The number of carbonyl (C=O) groups is 1. The Morgan fingerprint density at radius 1 is 0.763 bits per heavy atom. The molecule has 3 rings (SSSR count). The van der Waals surface area contributed by atoms with Crippen LogP contribution in [-0.4, -0.2) is 33.5 Å². The van der Waals surface area contributed by atoms with E-state index in [1.807, 2.05) is 0 Å². The van der Waals surface area contributed by atoms with Crippen LogP contribution in [0.2, 0.25) is 0 Å².